The molecule has 1 N–H and O–H groups in total. The predicted octanol–water partition coefficient (Wildman–Crippen LogP) is 3.25. The Morgan fingerprint density at radius 2 is 1.65 bits per heavy atom. The number of para-hydroxylation sites is 2. The molecule has 0 bridgehead atoms. The molecule has 0 radical (unpaired) electrons. The standard InChI is InChI=1S/C24H28N4O3/c1-2-3-8-13-28-23(30)19-10-5-4-9-18(19)22(25-28)24(31)27-16-14-26(15-17-27)20-11-6-7-12-21(20)29/h4-7,9-12,29H,2-3,8,13-17H2,1H3. The van der Waals surface area contributed by atoms with Crippen LogP contribution < -0.4 is 10.5 Å². The smallest absolute Gasteiger partial charge is 0.275 e. The molecular weight excluding hydrogens is 392 g/mol. The average Bonchev–Trinajstić information content (AvgIpc) is 2.81. The molecule has 1 amide bonds. The molecule has 1 aliphatic rings. The maximum atomic E-state index is 13.4. The largest absolute Gasteiger partial charge is 0.506 e. The number of aryl methyl sites for hydroxylation is 1. The number of anilines is 1. The van der Waals surface area contributed by atoms with Crippen LogP contribution in [0.5, 0.6) is 5.75 Å². The van der Waals surface area contributed by atoms with Gasteiger partial charge in [0.15, 0.2) is 5.69 Å². The minimum absolute atomic E-state index is 0.146. The highest BCUT2D eigenvalue weighted by Crippen LogP contribution is 2.27. The van der Waals surface area contributed by atoms with Crippen molar-refractivity contribution < 1.29 is 9.90 Å². The van der Waals surface area contributed by atoms with E-state index in [9.17, 15) is 14.7 Å². The number of piperazine rings is 1. The van der Waals surface area contributed by atoms with E-state index in [1.54, 1.807) is 29.2 Å². The van der Waals surface area contributed by atoms with E-state index in [-0.39, 0.29) is 17.2 Å². The number of carbonyl (C=O) groups excluding carboxylic acids is 1. The van der Waals surface area contributed by atoms with Gasteiger partial charge < -0.3 is 14.9 Å². The van der Waals surface area contributed by atoms with E-state index in [1.165, 1.54) is 4.68 Å². The Hall–Kier alpha value is -3.35. The van der Waals surface area contributed by atoms with E-state index < -0.39 is 0 Å². The lowest BCUT2D eigenvalue weighted by molar-refractivity contribution is 0.0740. The molecule has 162 valence electrons. The van der Waals surface area contributed by atoms with Crippen LogP contribution in [0.15, 0.2) is 53.3 Å². The molecule has 0 spiro atoms. The van der Waals surface area contributed by atoms with Crippen LogP contribution in [0.1, 0.15) is 36.7 Å². The van der Waals surface area contributed by atoms with Crippen molar-refractivity contribution in [3.8, 4) is 5.75 Å². The Labute approximate surface area is 181 Å². The number of benzene rings is 2. The zero-order valence-corrected chi connectivity index (χ0v) is 17.8. The van der Waals surface area contributed by atoms with E-state index in [0.29, 0.717) is 49.2 Å². The van der Waals surface area contributed by atoms with E-state index in [2.05, 4.69) is 16.9 Å². The van der Waals surface area contributed by atoms with Crippen LogP contribution in [0.25, 0.3) is 10.8 Å². The summed E-state index contributed by atoms with van der Waals surface area (Å²) in [5.41, 5.74) is 0.970. The molecule has 1 aliphatic heterocycles. The number of phenols is 1. The summed E-state index contributed by atoms with van der Waals surface area (Å²) in [6, 6.07) is 14.5. The van der Waals surface area contributed by atoms with Crippen LogP contribution in [0, 0.1) is 0 Å². The van der Waals surface area contributed by atoms with Gasteiger partial charge in [0, 0.05) is 38.1 Å². The van der Waals surface area contributed by atoms with Gasteiger partial charge in [-0.25, -0.2) is 4.68 Å². The third-order valence-electron chi connectivity index (χ3n) is 5.83. The molecule has 1 saturated heterocycles. The fraction of sp³-hybridized carbons (Fsp3) is 0.375. The lowest BCUT2D eigenvalue weighted by atomic mass is 10.1. The number of aromatic nitrogens is 2. The number of hydrogen-bond acceptors (Lipinski definition) is 5. The molecule has 3 aromatic rings. The highest BCUT2D eigenvalue weighted by molar-refractivity contribution is 6.04. The molecule has 2 heterocycles. The SMILES string of the molecule is CCCCCn1nc(C(=O)N2CCN(c3ccccc3O)CC2)c2ccccc2c1=O. The van der Waals surface area contributed by atoms with Crippen molar-refractivity contribution in [1.29, 1.82) is 0 Å². The summed E-state index contributed by atoms with van der Waals surface area (Å²) in [7, 11) is 0. The molecule has 0 unspecified atom stereocenters. The van der Waals surface area contributed by atoms with Gasteiger partial charge in [-0.1, -0.05) is 50.1 Å². The van der Waals surface area contributed by atoms with Gasteiger partial charge in [0.05, 0.1) is 11.1 Å². The molecule has 1 aromatic heterocycles. The highest BCUT2D eigenvalue weighted by Gasteiger charge is 2.26. The van der Waals surface area contributed by atoms with E-state index in [0.717, 1.165) is 24.9 Å². The van der Waals surface area contributed by atoms with Gasteiger partial charge in [0.2, 0.25) is 0 Å². The van der Waals surface area contributed by atoms with Gasteiger partial charge in [0.25, 0.3) is 11.5 Å². The number of amides is 1. The first-order valence-electron chi connectivity index (χ1n) is 10.9. The number of carbonyl (C=O) groups is 1. The van der Waals surface area contributed by atoms with Crippen molar-refractivity contribution in [3.05, 3.63) is 64.6 Å². The molecule has 7 nitrogen and oxygen atoms in total. The summed E-state index contributed by atoms with van der Waals surface area (Å²) >= 11 is 0. The van der Waals surface area contributed by atoms with Crippen molar-refractivity contribution in [1.82, 2.24) is 14.7 Å². The minimum Gasteiger partial charge on any atom is -0.506 e. The maximum absolute atomic E-state index is 13.4. The highest BCUT2D eigenvalue weighted by atomic mass is 16.3. The third-order valence-corrected chi connectivity index (χ3v) is 5.83. The number of phenolic OH excluding ortho intramolecular Hbond substituents is 1. The molecule has 4 rings (SSSR count). The molecule has 2 aromatic carbocycles. The second-order valence-corrected chi connectivity index (χ2v) is 7.90. The number of nitrogens with zero attached hydrogens (tertiary/aromatic N) is 4. The van der Waals surface area contributed by atoms with Gasteiger partial charge >= 0.3 is 0 Å². The monoisotopic (exact) mass is 420 g/mol. The molecule has 0 aliphatic carbocycles. The maximum Gasteiger partial charge on any atom is 0.275 e. The third kappa shape index (κ3) is 4.26. The Bertz CT molecular complexity index is 1130. The number of rotatable bonds is 6. The number of aromatic hydroxyl groups is 1. The molecular formula is C24H28N4O3. The Balaban J connectivity index is 1.58. The molecule has 31 heavy (non-hydrogen) atoms. The lowest BCUT2D eigenvalue weighted by Gasteiger charge is -2.36. The first-order valence-corrected chi connectivity index (χ1v) is 10.9. The van der Waals surface area contributed by atoms with Crippen LogP contribution in [0.2, 0.25) is 0 Å². The zero-order chi connectivity index (χ0) is 21.8. The van der Waals surface area contributed by atoms with Crippen LogP contribution in [-0.2, 0) is 6.54 Å². The molecule has 7 heteroatoms. The number of hydrogen-bond donors (Lipinski definition) is 1. The predicted molar refractivity (Wildman–Crippen MR) is 122 cm³/mol. The van der Waals surface area contributed by atoms with Gasteiger partial charge in [-0.2, -0.15) is 5.10 Å². The zero-order valence-electron chi connectivity index (χ0n) is 17.8. The molecule has 0 atom stereocenters. The Morgan fingerprint density at radius 3 is 2.35 bits per heavy atom. The van der Waals surface area contributed by atoms with E-state index >= 15 is 0 Å². The van der Waals surface area contributed by atoms with Crippen molar-refractivity contribution in [2.75, 3.05) is 31.1 Å². The second-order valence-electron chi connectivity index (χ2n) is 7.90. The van der Waals surface area contributed by atoms with Crippen molar-refractivity contribution in [2.45, 2.75) is 32.7 Å². The summed E-state index contributed by atoms with van der Waals surface area (Å²) in [4.78, 5) is 30.1. The fourth-order valence-corrected chi connectivity index (χ4v) is 4.09. The van der Waals surface area contributed by atoms with Crippen LogP contribution in [0.4, 0.5) is 5.69 Å². The van der Waals surface area contributed by atoms with Gasteiger partial charge in [-0.05, 0) is 24.6 Å². The van der Waals surface area contributed by atoms with Crippen molar-refractivity contribution >= 4 is 22.4 Å². The normalized spacial score (nSPS) is 14.2. The van der Waals surface area contributed by atoms with Crippen molar-refractivity contribution in [3.63, 3.8) is 0 Å². The van der Waals surface area contributed by atoms with Gasteiger partial charge in [-0.15, -0.1) is 0 Å². The topological polar surface area (TPSA) is 78.7 Å². The average molecular weight is 421 g/mol. The summed E-state index contributed by atoms with van der Waals surface area (Å²) in [6.45, 7) is 4.92. The Kier molecular flexibility index (Phi) is 6.21. The van der Waals surface area contributed by atoms with Crippen LogP contribution in [-0.4, -0.2) is 51.9 Å². The number of unbranched alkanes of at least 4 members (excludes halogenated alkanes) is 2. The molecule has 0 saturated carbocycles. The summed E-state index contributed by atoms with van der Waals surface area (Å²) in [6.07, 6.45) is 2.92. The first-order chi connectivity index (χ1) is 15.1. The molecule has 1 fully saturated rings. The lowest BCUT2D eigenvalue weighted by Crippen LogP contribution is -2.49. The summed E-state index contributed by atoms with van der Waals surface area (Å²) < 4.78 is 1.45. The van der Waals surface area contributed by atoms with Gasteiger partial charge in [0.1, 0.15) is 5.75 Å². The number of fused-ring (bicyclic) bond motifs is 1. The quantitative estimate of drug-likeness (QED) is 0.620. The summed E-state index contributed by atoms with van der Waals surface area (Å²) in [5, 5.41) is 15.7. The van der Waals surface area contributed by atoms with E-state index in [1.807, 2.05) is 24.3 Å². The van der Waals surface area contributed by atoms with Crippen LogP contribution >= 0.6 is 0 Å². The summed E-state index contributed by atoms with van der Waals surface area (Å²) in [5.74, 6) is 0.0893. The Morgan fingerprint density at radius 1 is 0.968 bits per heavy atom. The minimum atomic E-state index is -0.155. The van der Waals surface area contributed by atoms with Crippen molar-refractivity contribution in [2.24, 2.45) is 0 Å². The first kappa shape index (κ1) is 20.9. The van der Waals surface area contributed by atoms with E-state index in [4.69, 9.17) is 0 Å². The second kappa shape index (κ2) is 9.20. The van der Waals surface area contributed by atoms with Crippen LogP contribution in [0.3, 0.4) is 0 Å². The van der Waals surface area contributed by atoms with Gasteiger partial charge in [-0.3, -0.25) is 9.59 Å². The fourth-order valence-electron chi connectivity index (χ4n) is 4.09.